The predicted octanol–water partition coefficient (Wildman–Crippen LogP) is 3.61. The molecule has 0 atom stereocenters. The van der Waals surface area contributed by atoms with E-state index in [9.17, 15) is 14.4 Å². The Kier molecular flexibility index (Phi) is 5.12. The van der Waals surface area contributed by atoms with Crippen LogP contribution in [0, 0.1) is 6.92 Å². The topological polar surface area (TPSA) is 98.9 Å². The van der Waals surface area contributed by atoms with Gasteiger partial charge in [-0.25, -0.2) is 9.36 Å². The largest absolute Gasteiger partial charge is 0.324 e. The van der Waals surface area contributed by atoms with Crippen molar-refractivity contribution in [3.63, 3.8) is 0 Å². The maximum absolute atomic E-state index is 13.4. The zero-order chi connectivity index (χ0) is 23.1. The van der Waals surface area contributed by atoms with E-state index < -0.39 is 0 Å². The number of ketones is 1. The fraction of sp³-hybridized carbons (Fsp3) is 0.240. The molecular weight excluding hydrogens is 418 g/mol. The zero-order valence-electron chi connectivity index (χ0n) is 18.4. The maximum Gasteiger partial charge on any atom is 0.293 e. The van der Waals surface area contributed by atoms with Gasteiger partial charge in [0.25, 0.3) is 5.56 Å². The fourth-order valence-electron chi connectivity index (χ4n) is 3.97. The van der Waals surface area contributed by atoms with Crippen LogP contribution in [-0.4, -0.2) is 31.3 Å². The Morgan fingerprint density at radius 3 is 2.48 bits per heavy atom. The number of Topliss-reactive ketones (excluding diaryl/α,β-unsaturated/α-hetero) is 1. The smallest absolute Gasteiger partial charge is 0.293 e. The van der Waals surface area contributed by atoms with Gasteiger partial charge in [0.05, 0.1) is 17.6 Å². The lowest BCUT2D eigenvalue weighted by Crippen LogP contribution is -2.31. The van der Waals surface area contributed by atoms with Gasteiger partial charge in [-0.2, -0.15) is 10.2 Å². The van der Waals surface area contributed by atoms with Crippen LogP contribution in [-0.2, 0) is 11.3 Å². The van der Waals surface area contributed by atoms with Gasteiger partial charge in [0, 0.05) is 22.6 Å². The van der Waals surface area contributed by atoms with Crippen LogP contribution in [0.1, 0.15) is 47.3 Å². The molecule has 1 aliphatic carbocycles. The fourth-order valence-corrected chi connectivity index (χ4v) is 3.97. The summed E-state index contributed by atoms with van der Waals surface area (Å²) in [4.78, 5) is 37.6. The molecule has 1 fully saturated rings. The summed E-state index contributed by atoms with van der Waals surface area (Å²) in [6.07, 6.45) is 3.71. The van der Waals surface area contributed by atoms with E-state index in [-0.39, 0.29) is 29.7 Å². The molecule has 0 spiro atoms. The molecule has 5 rings (SSSR count). The van der Waals surface area contributed by atoms with E-state index in [0.29, 0.717) is 16.8 Å². The number of aryl methyl sites for hydroxylation is 1. The quantitative estimate of drug-likeness (QED) is 0.461. The summed E-state index contributed by atoms with van der Waals surface area (Å²) in [6, 6.07) is 14.4. The van der Waals surface area contributed by atoms with Crippen molar-refractivity contribution in [1.29, 1.82) is 0 Å². The Hall–Kier alpha value is -4.07. The highest BCUT2D eigenvalue weighted by Gasteiger charge is 2.30. The van der Waals surface area contributed by atoms with E-state index in [1.165, 1.54) is 11.6 Å². The van der Waals surface area contributed by atoms with Crippen molar-refractivity contribution in [3.8, 4) is 5.69 Å². The summed E-state index contributed by atoms with van der Waals surface area (Å²) in [5.74, 6) is -0.144. The summed E-state index contributed by atoms with van der Waals surface area (Å²) in [5, 5.41) is 12.6. The van der Waals surface area contributed by atoms with E-state index in [4.69, 9.17) is 0 Å². The molecule has 8 heteroatoms. The highest BCUT2D eigenvalue weighted by atomic mass is 16.2. The number of nitrogens with zero attached hydrogens (tertiary/aromatic N) is 4. The van der Waals surface area contributed by atoms with E-state index in [1.807, 2.05) is 31.2 Å². The molecule has 8 nitrogen and oxygen atoms in total. The SMILES string of the molecule is CC(=O)c1ccc(NC(=O)Cn2nc(C3CC3)c3cnn(-c4ccccc4C)c3c2=O)cc1. The first-order chi connectivity index (χ1) is 15.9. The van der Waals surface area contributed by atoms with E-state index >= 15 is 0 Å². The third-order valence-corrected chi connectivity index (χ3v) is 5.89. The predicted molar refractivity (Wildman–Crippen MR) is 125 cm³/mol. The van der Waals surface area contributed by atoms with Gasteiger partial charge in [0.15, 0.2) is 5.78 Å². The molecule has 0 radical (unpaired) electrons. The number of amides is 1. The summed E-state index contributed by atoms with van der Waals surface area (Å²) >= 11 is 0. The summed E-state index contributed by atoms with van der Waals surface area (Å²) < 4.78 is 2.88. The number of hydrogen-bond acceptors (Lipinski definition) is 5. The first-order valence-corrected chi connectivity index (χ1v) is 10.9. The number of nitrogens with one attached hydrogen (secondary N) is 1. The van der Waals surface area contributed by atoms with Crippen LogP contribution >= 0.6 is 0 Å². The molecule has 1 N–H and O–H groups in total. The van der Waals surface area contributed by atoms with Crippen molar-refractivity contribution in [3.05, 3.63) is 81.9 Å². The number of rotatable bonds is 6. The first-order valence-electron chi connectivity index (χ1n) is 10.9. The third-order valence-electron chi connectivity index (χ3n) is 5.89. The minimum absolute atomic E-state index is 0.0465. The average Bonchev–Trinajstić information content (AvgIpc) is 3.54. The Morgan fingerprint density at radius 2 is 1.82 bits per heavy atom. The van der Waals surface area contributed by atoms with Crippen molar-refractivity contribution in [2.24, 2.45) is 0 Å². The van der Waals surface area contributed by atoms with Gasteiger partial charge in [-0.1, -0.05) is 18.2 Å². The molecule has 2 heterocycles. The summed E-state index contributed by atoms with van der Waals surface area (Å²) in [6.45, 7) is 3.23. The number of aromatic nitrogens is 4. The molecule has 1 amide bonds. The molecule has 4 aromatic rings. The monoisotopic (exact) mass is 441 g/mol. The van der Waals surface area contributed by atoms with Crippen LogP contribution in [0.4, 0.5) is 5.69 Å². The second-order valence-corrected chi connectivity index (χ2v) is 8.41. The zero-order valence-corrected chi connectivity index (χ0v) is 18.4. The average molecular weight is 441 g/mol. The van der Waals surface area contributed by atoms with Crippen molar-refractivity contribution < 1.29 is 9.59 Å². The van der Waals surface area contributed by atoms with Gasteiger partial charge < -0.3 is 5.32 Å². The van der Waals surface area contributed by atoms with Crippen molar-refractivity contribution in [2.75, 3.05) is 5.32 Å². The van der Waals surface area contributed by atoms with Crippen LogP contribution in [0.5, 0.6) is 0 Å². The molecule has 2 aromatic carbocycles. The number of benzene rings is 2. The molecule has 0 aliphatic heterocycles. The van der Waals surface area contributed by atoms with Gasteiger partial charge in [-0.05, 0) is 62.6 Å². The molecule has 33 heavy (non-hydrogen) atoms. The van der Waals surface area contributed by atoms with Gasteiger partial charge in [-0.15, -0.1) is 0 Å². The summed E-state index contributed by atoms with van der Waals surface area (Å²) in [5.41, 5.74) is 3.80. The molecule has 0 bridgehead atoms. The molecule has 1 aliphatic rings. The van der Waals surface area contributed by atoms with Crippen LogP contribution in [0.2, 0.25) is 0 Å². The minimum atomic E-state index is -0.372. The minimum Gasteiger partial charge on any atom is -0.324 e. The number of carbonyl (C=O) groups excluding carboxylic acids is 2. The van der Waals surface area contributed by atoms with Gasteiger partial charge in [-0.3, -0.25) is 14.4 Å². The standard InChI is InChI=1S/C25H23N5O3/c1-15-5-3-4-6-21(15)30-24-20(13-26-30)23(18-7-8-18)28-29(25(24)33)14-22(32)27-19-11-9-17(10-12-19)16(2)31/h3-6,9-13,18H,7-8,14H2,1-2H3,(H,27,32). The van der Waals surface area contributed by atoms with Crippen LogP contribution in [0.3, 0.4) is 0 Å². The maximum atomic E-state index is 13.4. The Balaban J connectivity index is 1.51. The lowest BCUT2D eigenvalue weighted by atomic mass is 10.1. The molecule has 0 unspecified atom stereocenters. The Bertz CT molecular complexity index is 1450. The number of fused-ring (bicyclic) bond motifs is 1. The van der Waals surface area contributed by atoms with Gasteiger partial charge in [0.1, 0.15) is 12.1 Å². The molecule has 166 valence electrons. The first kappa shape index (κ1) is 20.8. The molecule has 0 saturated heterocycles. The summed E-state index contributed by atoms with van der Waals surface area (Å²) in [7, 11) is 0. The van der Waals surface area contributed by atoms with Crippen molar-refractivity contribution in [2.45, 2.75) is 39.2 Å². The Labute approximate surface area is 189 Å². The molecule has 1 saturated carbocycles. The lowest BCUT2D eigenvalue weighted by Gasteiger charge is -2.11. The second-order valence-electron chi connectivity index (χ2n) is 8.41. The molecular formula is C25H23N5O3. The number of para-hydroxylation sites is 1. The van der Waals surface area contributed by atoms with E-state index in [2.05, 4.69) is 15.5 Å². The number of hydrogen-bond donors (Lipinski definition) is 1. The third kappa shape index (κ3) is 3.95. The van der Waals surface area contributed by atoms with Crippen molar-refractivity contribution in [1.82, 2.24) is 19.6 Å². The van der Waals surface area contributed by atoms with Gasteiger partial charge in [0.2, 0.25) is 5.91 Å². The molecule has 2 aromatic heterocycles. The van der Waals surface area contributed by atoms with Crippen LogP contribution in [0.25, 0.3) is 16.6 Å². The number of anilines is 1. The van der Waals surface area contributed by atoms with Crippen LogP contribution < -0.4 is 10.9 Å². The van der Waals surface area contributed by atoms with Gasteiger partial charge >= 0.3 is 0 Å². The van der Waals surface area contributed by atoms with E-state index in [0.717, 1.165) is 35.2 Å². The highest BCUT2D eigenvalue weighted by molar-refractivity contribution is 5.95. The van der Waals surface area contributed by atoms with Crippen molar-refractivity contribution >= 4 is 28.3 Å². The van der Waals surface area contributed by atoms with E-state index in [1.54, 1.807) is 35.1 Å². The highest BCUT2D eigenvalue weighted by Crippen LogP contribution is 2.41. The van der Waals surface area contributed by atoms with Crippen LogP contribution in [0.15, 0.2) is 59.5 Å². The Morgan fingerprint density at radius 1 is 1.09 bits per heavy atom. The number of carbonyl (C=O) groups is 2. The second kappa shape index (κ2) is 8.12. The normalized spacial score (nSPS) is 13.3. The lowest BCUT2D eigenvalue weighted by molar-refractivity contribution is -0.117.